The van der Waals surface area contributed by atoms with Crippen molar-refractivity contribution >= 4 is 46.7 Å². The van der Waals surface area contributed by atoms with E-state index in [0.717, 1.165) is 10.6 Å². The third kappa shape index (κ3) is 4.71. The van der Waals surface area contributed by atoms with Crippen LogP contribution in [0.3, 0.4) is 0 Å². The van der Waals surface area contributed by atoms with Gasteiger partial charge >= 0.3 is 0 Å². The molecule has 0 radical (unpaired) electrons. The normalized spacial score (nSPS) is 10.3. The summed E-state index contributed by atoms with van der Waals surface area (Å²) in [6, 6.07) is 11.0. The number of nitrogens with zero attached hydrogens (tertiary/aromatic N) is 1. The van der Waals surface area contributed by atoms with E-state index in [1.807, 2.05) is 24.3 Å². The molecule has 0 saturated carbocycles. The van der Waals surface area contributed by atoms with Gasteiger partial charge in [-0.25, -0.2) is 4.98 Å². The number of aromatic nitrogens is 1. The maximum Gasteiger partial charge on any atom is 0.235 e. The Morgan fingerprint density at radius 1 is 1.20 bits per heavy atom. The predicted octanol–water partition coefficient (Wildman–Crippen LogP) is 4.26. The third-order valence-corrected chi connectivity index (χ3v) is 4.02. The van der Waals surface area contributed by atoms with E-state index in [-0.39, 0.29) is 5.91 Å². The summed E-state index contributed by atoms with van der Waals surface area (Å²) < 4.78 is 0. The molecule has 104 valence electrons. The van der Waals surface area contributed by atoms with Crippen LogP contribution < -0.4 is 5.32 Å². The number of pyridine rings is 1. The smallest absolute Gasteiger partial charge is 0.235 e. The zero-order chi connectivity index (χ0) is 14.4. The quantitative estimate of drug-likeness (QED) is 0.892. The fraction of sp³-hybridized carbons (Fsp3) is 0.143. The first-order valence-corrected chi connectivity index (χ1v) is 7.79. The Kier molecular flexibility index (Phi) is 5.71. The lowest BCUT2D eigenvalue weighted by atomic mass is 10.2. The highest BCUT2D eigenvalue weighted by molar-refractivity contribution is 7.99. The highest BCUT2D eigenvalue weighted by atomic mass is 35.5. The molecule has 1 N–H and O–H groups in total. The summed E-state index contributed by atoms with van der Waals surface area (Å²) in [6.45, 7) is 0. The van der Waals surface area contributed by atoms with E-state index in [1.165, 1.54) is 18.0 Å². The summed E-state index contributed by atoms with van der Waals surface area (Å²) in [5.41, 5.74) is 1.02. The van der Waals surface area contributed by atoms with Gasteiger partial charge in [-0.2, -0.15) is 0 Å². The number of amides is 1. The lowest BCUT2D eigenvalue weighted by Gasteiger charge is -2.05. The molecule has 0 aliphatic carbocycles. The average molecular weight is 327 g/mol. The first-order valence-electron chi connectivity index (χ1n) is 5.88. The number of hydrogen-bond acceptors (Lipinski definition) is 3. The van der Waals surface area contributed by atoms with E-state index in [1.54, 1.807) is 12.1 Å². The van der Waals surface area contributed by atoms with E-state index in [9.17, 15) is 4.79 Å². The molecule has 1 aromatic heterocycles. The zero-order valence-corrected chi connectivity index (χ0v) is 12.8. The van der Waals surface area contributed by atoms with Crippen molar-refractivity contribution in [2.45, 2.75) is 5.75 Å². The van der Waals surface area contributed by atoms with Crippen molar-refractivity contribution in [2.75, 3.05) is 11.1 Å². The lowest BCUT2D eigenvalue weighted by Crippen LogP contribution is -2.15. The molecule has 0 aliphatic rings. The number of rotatable bonds is 5. The average Bonchev–Trinajstić information content (AvgIpc) is 2.43. The minimum atomic E-state index is -0.100. The molecule has 1 aromatic carbocycles. The highest BCUT2D eigenvalue weighted by Gasteiger charge is 2.05. The molecule has 0 fully saturated rings. The molecular weight excluding hydrogens is 315 g/mol. The maximum atomic E-state index is 11.7. The van der Waals surface area contributed by atoms with Gasteiger partial charge in [-0.05, 0) is 23.8 Å². The number of benzene rings is 1. The van der Waals surface area contributed by atoms with Crippen molar-refractivity contribution in [1.29, 1.82) is 0 Å². The van der Waals surface area contributed by atoms with Crippen molar-refractivity contribution in [3.8, 4) is 0 Å². The van der Waals surface area contributed by atoms with E-state index < -0.39 is 0 Å². The van der Waals surface area contributed by atoms with Gasteiger partial charge in [0, 0.05) is 17.0 Å². The van der Waals surface area contributed by atoms with Crippen LogP contribution >= 0.6 is 35.0 Å². The standard InChI is InChI=1S/C14H12Cl2N2OS/c15-11-5-6-13(17-7-11)18-14(19)9-20-8-10-3-1-2-4-12(10)16/h1-7H,8-9H2,(H,17,18,19). The fourth-order valence-corrected chi connectivity index (χ4v) is 2.72. The Balaban J connectivity index is 1.78. The third-order valence-electron chi connectivity index (χ3n) is 2.44. The van der Waals surface area contributed by atoms with Gasteiger partial charge in [-0.1, -0.05) is 41.4 Å². The molecule has 2 aromatic rings. The number of carbonyl (C=O) groups excluding carboxylic acids is 1. The van der Waals surface area contributed by atoms with E-state index in [0.29, 0.717) is 22.3 Å². The molecule has 6 heteroatoms. The van der Waals surface area contributed by atoms with Crippen molar-refractivity contribution in [1.82, 2.24) is 4.98 Å². The Labute approximate surface area is 131 Å². The highest BCUT2D eigenvalue weighted by Crippen LogP contribution is 2.20. The van der Waals surface area contributed by atoms with Crippen molar-refractivity contribution in [3.63, 3.8) is 0 Å². The summed E-state index contributed by atoms with van der Waals surface area (Å²) >= 11 is 13.3. The fourth-order valence-electron chi connectivity index (χ4n) is 1.50. The Morgan fingerprint density at radius 3 is 2.70 bits per heavy atom. The summed E-state index contributed by atoms with van der Waals surface area (Å²) in [5.74, 6) is 1.44. The van der Waals surface area contributed by atoms with Gasteiger partial charge in [0.1, 0.15) is 5.82 Å². The van der Waals surface area contributed by atoms with Gasteiger partial charge in [0.2, 0.25) is 5.91 Å². The molecule has 0 atom stereocenters. The van der Waals surface area contributed by atoms with Crippen molar-refractivity contribution < 1.29 is 4.79 Å². The summed E-state index contributed by atoms with van der Waals surface area (Å²) in [4.78, 5) is 15.7. The number of halogens is 2. The maximum absolute atomic E-state index is 11.7. The second kappa shape index (κ2) is 7.53. The van der Waals surface area contributed by atoms with Gasteiger partial charge < -0.3 is 5.32 Å². The van der Waals surface area contributed by atoms with Crippen LogP contribution in [0.25, 0.3) is 0 Å². The second-order valence-corrected chi connectivity index (χ2v) is 5.82. The van der Waals surface area contributed by atoms with Crippen LogP contribution in [0.2, 0.25) is 10.0 Å². The molecule has 1 amide bonds. The number of thioether (sulfide) groups is 1. The minimum Gasteiger partial charge on any atom is -0.310 e. The van der Waals surface area contributed by atoms with Crippen LogP contribution in [-0.2, 0) is 10.5 Å². The van der Waals surface area contributed by atoms with Crippen LogP contribution in [0.4, 0.5) is 5.82 Å². The van der Waals surface area contributed by atoms with Crippen molar-refractivity contribution in [2.24, 2.45) is 0 Å². The van der Waals surface area contributed by atoms with Crippen LogP contribution in [0.15, 0.2) is 42.6 Å². The monoisotopic (exact) mass is 326 g/mol. The largest absolute Gasteiger partial charge is 0.310 e. The minimum absolute atomic E-state index is 0.100. The Hall–Kier alpha value is -1.23. The number of anilines is 1. The Morgan fingerprint density at radius 2 is 2.00 bits per heavy atom. The van der Waals surface area contributed by atoms with Crippen LogP contribution in [-0.4, -0.2) is 16.6 Å². The molecule has 20 heavy (non-hydrogen) atoms. The van der Waals surface area contributed by atoms with E-state index in [4.69, 9.17) is 23.2 Å². The van der Waals surface area contributed by atoms with Gasteiger partial charge in [-0.15, -0.1) is 11.8 Å². The molecule has 0 unspecified atom stereocenters. The molecule has 2 rings (SSSR count). The molecule has 0 bridgehead atoms. The van der Waals surface area contributed by atoms with Gasteiger partial charge in [-0.3, -0.25) is 4.79 Å². The summed E-state index contributed by atoms with van der Waals surface area (Å²) in [6.07, 6.45) is 1.49. The Bertz CT molecular complexity index is 590. The molecule has 0 aliphatic heterocycles. The molecule has 3 nitrogen and oxygen atoms in total. The van der Waals surface area contributed by atoms with Gasteiger partial charge in [0.15, 0.2) is 0 Å². The number of nitrogens with one attached hydrogen (secondary N) is 1. The molecule has 1 heterocycles. The van der Waals surface area contributed by atoms with Gasteiger partial charge in [0.25, 0.3) is 0 Å². The number of hydrogen-bond donors (Lipinski definition) is 1. The second-order valence-electron chi connectivity index (χ2n) is 3.99. The van der Waals surface area contributed by atoms with Crippen LogP contribution in [0.5, 0.6) is 0 Å². The first-order chi connectivity index (χ1) is 9.65. The van der Waals surface area contributed by atoms with Crippen LogP contribution in [0, 0.1) is 0 Å². The van der Waals surface area contributed by atoms with Gasteiger partial charge in [0.05, 0.1) is 10.8 Å². The topological polar surface area (TPSA) is 42.0 Å². The van der Waals surface area contributed by atoms with Crippen molar-refractivity contribution in [3.05, 3.63) is 58.2 Å². The zero-order valence-electron chi connectivity index (χ0n) is 10.5. The number of carbonyl (C=O) groups is 1. The van der Waals surface area contributed by atoms with E-state index >= 15 is 0 Å². The first kappa shape index (κ1) is 15.2. The molecular formula is C14H12Cl2N2OS. The summed E-state index contributed by atoms with van der Waals surface area (Å²) in [7, 11) is 0. The molecule has 0 saturated heterocycles. The SMILES string of the molecule is O=C(CSCc1ccccc1Cl)Nc1ccc(Cl)cn1. The van der Waals surface area contributed by atoms with E-state index in [2.05, 4.69) is 10.3 Å². The molecule has 0 spiro atoms. The lowest BCUT2D eigenvalue weighted by molar-refractivity contribution is -0.113. The summed E-state index contributed by atoms with van der Waals surface area (Å²) in [5, 5.41) is 3.97. The van der Waals surface area contributed by atoms with Crippen LogP contribution in [0.1, 0.15) is 5.56 Å². The predicted molar refractivity (Wildman–Crippen MR) is 85.5 cm³/mol.